The van der Waals surface area contributed by atoms with Crippen molar-refractivity contribution in [1.82, 2.24) is 10.2 Å². The van der Waals surface area contributed by atoms with E-state index >= 15 is 0 Å². The lowest BCUT2D eigenvalue weighted by molar-refractivity contribution is -0.141. The monoisotopic (exact) mass is 490 g/mol. The number of aryl methyl sites for hydroxylation is 2. The molecule has 35 heavy (non-hydrogen) atoms. The van der Waals surface area contributed by atoms with Crippen LogP contribution in [0.25, 0.3) is 0 Å². The van der Waals surface area contributed by atoms with Crippen molar-refractivity contribution in [2.45, 2.75) is 65.6 Å². The first-order valence-electron chi connectivity index (χ1n) is 12.0. The number of hydrogen-bond donors (Lipinski definition) is 1. The Labute approximate surface area is 214 Å². The number of rotatable bonds is 8. The van der Waals surface area contributed by atoms with Crippen molar-refractivity contribution in [3.8, 4) is 0 Å². The lowest BCUT2D eigenvalue weighted by Crippen LogP contribution is -2.54. The average molecular weight is 491 g/mol. The molecule has 0 unspecified atom stereocenters. The van der Waals surface area contributed by atoms with E-state index in [2.05, 4.69) is 11.4 Å². The smallest absolute Gasteiger partial charge is 0.243 e. The highest BCUT2D eigenvalue weighted by atomic mass is 35.5. The highest BCUT2D eigenvalue weighted by molar-refractivity contribution is 6.31. The van der Waals surface area contributed by atoms with Crippen LogP contribution in [0.15, 0.2) is 72.8 Å². The summed E-state index contributed by atoms with van der Waals surface area (Å²) >= 11 is 6.49. The van der Waals surface area contributed by atoms with Crippen LogP contribution >= 0.6 is 11.6 Å². The van der Waals surface area contributed by atoms with Gasteiger partial charge in [0.1, 0.15) is 6.04 Å². The molecule has 4 nitrogen and oxygen atoms in total. The normalized spacial score (nSPS) is 12.2. The Morgan fingerprint density at radius 3 is 2.09 bits per heavy atom. The summed E-state index contributed by atoms with van der Waals surface area (Å²) in [5.41, 5.74) is 4.52. The van der Waals surface area contributed by atoms with Crippen LogP contribution in [0.4, 0.5) is 0 Å². The van der Waals surface area contributed by atoms with Gasteiger partial charge in [0.05, 0.1) is 6.42 Å². The van der Waals surface area contributed by atoms with E-state index in [1.54, 1.807) is 4.90 Å². The molecule has 0 fully saturated rings. The van der Waals surface area contributed by atoms with Crippen molar-refractivity contribution in [2.75, 3.05) is 0 Å². The maximum atomic E-state index is 13.9. The highest BCUT2D eigenvalue weighted by Gasteiger charge is 2.32. The van der Waals surface area contributed by atoms with Gasteiger partial charge in [-0.15, -0.1) is 0 Å². The molecule has 0 aromatic heterocycles. The second kappa shape index (κ2) is 11.5. The van der Waals surface area contributed by atoms with Gasteiger partial charge in [0.25, 0.3) is 0 Å². The minimum Gasteiger partial charge on any atom is -0.350 e. The topological polar surface area (TPSA) is 49.4 Å². The average Bonchev–Trinajstić information content (AvgIpc) is 2.76. The third kappa shape index (κ3) is 7.97. The molecule has 0 aliphatic rings. The van der Waals surface area contributed by atoms with Crippen molar-refractivity contribution >= 4 is 23.4 Å². The number of nitrogens with one attached hydrogen (secondary N) is 1. The molecule has 0 bridgehead atoms. The van der Waals surface area contributed by atoms with E-state index in [0.717, 1.165) is 27.8 Å². The van der Waals surface area contributed by atoms with Crippen LogP contribution in [0.5, 0.6) is 0 Å². The summed E-state index contributed by atoms with van der Waals surface area (Å²) in [7, 11) is 0. The van der Waals surface area contributed by atoms with Crippen LogP contribution in [0, 0.1) is 13.8 Å². The number of carbonyl (C=O) groups is 2. The first-order valence-corrected chi connectivity index (χ1v) is 12.4. The summed E-state index contributed by atoms with van der Waals surface area (Å²) in [5, 5.41) is 3.67. The molecule has 5 heteroatoms. The van der Waals surface area contributed by atoms with E-state index in [4.69, 9.17) is 11.6 Å². The fraction of sp³-hybridized carbons (Fsp3) is 0.333. The molecule has 3 rings (SSSR count). The van der Waals surface area contributed by atoms with Gasteiger partial charge in [-0.2, -0.15) is 0 Å². The first kappa shape index (κ1) is 26.5. The minimum absolute atomic E-state index is 0.111. The Kier molecular flexibility index (Phi) is 8.74. The molecule has 0 spiro atoms. The summed E-state index contributed by atoms with van der Waals surface area (Å²) in [4.78, 5) is 29.1. The number of nitrogens with zero attached hydrogens (tertiary/aromatic N) is 1. The molecule has 0 saturated heterocycles. The number of halogens is 1. The van der Waals surface area contributed by atoms with Gasteiger partial charge in [0.2, 0.25) is 11.8 Å². The van der Waals surface area contributed by atoms with E-state index in [1.165, 1.54) is 0 Å². The van der Waals surface area contributed by atoms with Gasteiger partial charge in [0, 0.05) is 23.5 Å². The zero-order valence-electron chi connectivity index (χ0n) is 21.3. The van der Waals surface area contributed by atoms with Crippen LogP contribution in [-0.4, -0.2) is 28.3 Å². The molecule has 184 valence electrons. The van der Waals surface area contributed by atoms with E-state index in [1.807, 2.05) is 101 Å². The molecular weight excluding hydrogens is 456 g/mol. The van der Waals surface area contributed by atoms with E-state index < -0.39 is 11.6 Å². The Morgan fingerprint density at radius 2 is 1.49 bits per heavy atom. The molecule has 3 aromatic rings. The first-order chi connectivity index (χ1) is 16.5. The van der Waals surface area contributed by atoms with Crippen LogP contribution < -0.4 is 5.32 Å². The minimum atomic E-state index is -0.689. The number of hydrogen-bond acceptors (Lipinski definition) is 2. The molecule has 1 atom stereocenters. The Balaban J connectivity index is 2.02. The Hall–Kier alpha value is -3.11. The molecule has 0 saturated carbocycles. The molecule has 3 aromatic carbocycles. The predicted molar refractivity (Wildman–Crippen MR) is 143 cm³/mol. The van der Waals surface area contributed by atoms with Gasteiger partial charge < -0.3 is 10.2 Å². The molecule has 1 N–H and O–H groups in total. The number of amides is 2. The van der Waals surface area contributed by atoms with Crippen molar-refractivity contribution in [3.63, 3.8) is 0 Å². The summed E-state index contributed by atoms with van der Waals surface area (Å²) in [6, 6.07) is 22.7. The number of carbonyl (C=O) groups excluding carboxylic acids is 2. The highest BCUT2D eigenvalue weighted by Crippen LogP contribution is 2.22. The van der Waals surface area contributed by atoms with Gasteiger partial charge in [-0.3, -0.25) is 9.59 Å². The third-order valence-corrected chi connectivity index (χ3v) is 6.07. The third-order valence-electron chi connectivity index (χ3n) is 5.70. The van der Waals surface area contributed by atoms with Crippen LogP contribution in [0.3, 0.4) is 0 Å². The fourth-order valence-electron chi connectivity index (χ4n) is 4.26. The molecule has 2 amide bonds. The van der Waals surface area contributed by atoms with E-state index in [-0.39, 0.29) is 24.8 Å². The van der Waals surface area contributed by atoms with Crippen LogP contribution in [0.1, 0.15) is 48.6 Å². The van der Waals surface area contributed by atoms with Gasteiger partial charge in [-0.25, -0.2) is 0 Å². The van der Waals surface area contributed by atoms with Crippen molar-refractivity contribution in [3.05, 3.63) is 106 Å². The van der Waals surface area contributed by atoms with E-state index in [0.29, 0.717) is 11.4 Å². The lowest BCUT2D eigenvalue weighted by Gasteiger charge is -2.34. The fourth-order valence-corrected chi connectivity index (χ4v) is 4.46. The van der Waals surface area contributed by atoms with Gasteiger partial charge in [-0.1, -0.05) is 89.5 Å². The van der Waals surface area contributed by atoms with E-state index in [9.17, 15) is 9.59 Å². The molecule has 0 radical (unpaired) electrons. The van der Waals surface area contributed by atoms with Gasteiger partial charge >= 0.3 is 0 Å². The van der Waals surface area contributed by atoms with Crippen molar-refractivity contribution in [1.29, 1.82) is 0 Å². The summed E-state index contributed by atoms with van der Waals surface area (Å²) in [6.45, 7) is 10.1. The van der Waals surface area contributed by atoms with Crippen molar-refractivity contribution in [2.24, 2.45) is 0 Å². The molecule has 0 heterocycles. The number of benzene rings is 3. The summed E-state index contributed by atoms with van der Waals surface area (Å²) in [6.07, 6.45) is 0.618. The summed E-state index contributed by atoms with van der Waals surface area (Å²) in [5.74, 6) is -0.290. The largest absolute Gasteiger partial charge is 0.350 e. The summed E-state index contributed by atoms with van der Waals surface area (Å²) < 4.78 is 0. The zero-order valence-corrected chi connectivity index (χ0v) is 22.0. The Morgan fingerprint density at radius 1 is 0.886 bits per heavy atom. The second-order valence-corrected chi connectivity index (χ2v) is 10.6. The maximum absolute atomic E-state index is 13.9. The quantitative estimate of drug-likeness (QED) is 0.417. The second-order valence-electron chi connectivity index (χ2n) is 10.2. The standard InChI is InChI=1S/C30H35ClN2O2/c1-21-15-22(2)17-24(16-21)19-28(34)33(20-25-13-9-10-14-26(25)31)27(29(35)32-30(3,4)5)18-23-11-7-6-8-12-23/h6-17,27H,18-20H2,1-5H3,(H,32,35)/t27-/m0/s1. The van der Waals surface area contributed by atoms with Crippen LogP contribution in [-0.2, 0) is 29.0 Å². The van der Waals surface area contributed by atoms with Gasteiger partial charge in [-0.05, 0) is 57.4 Å². The van der Waals surface area contributed by atoms with Crippen molar-refractivity contribution < 1.29 is 9.59 Å². The lowest BCUT2D eigenvalue weighted by atomic mass is 9.99. The zero-order chi connectivity index (χ0) is 25.6. The SMILES string of the molecule is Cc1cc(C)cc(CC(=O)N(Cc2ccccc2Cl)[C@@H](Cc2ccccc2)C(=O)NC(C)(C)C)c1. The predicted octanol–water partition coefficient (Wildman–Crippen LogP) is 6.05. The Bertz CT molecular complexity index is 1150. The molecule has 0 aliphatic carbocycles. The van der Waals surface area contributed by atoms with Gasteiger partial charge in [0.15, 0.2) is 0 Å². The maximum Gasteiger partial charge on any atom is 0.243 e. The van der Waals surface area contributed by atoms with Crippen LogP contribution in [0.2, 0.25) is 5.02 Å². The molecular formula is C30H35ClN2O2. The molecule has 0 aliphatic heterocycles.